The number of benzene rings is 1. The summed E-state index contributed by atoms with van der Waals surface area (Å²) in [6, 6.07) is 9.91. The molecule has 1 aliphatic carbocycles. The van der Waals surface area contributed by atoms with Gasteiger partial charge in [0.2, 0.25) is 0 Å². The Labute approximate surface area is 115 Å². The second-order valence-corrected chi connectivity index (χ2v) is 5.17. The fraction of sp³-hybridized carbons (Fsp3) is 0.562. The molecule has 0 amide bonds. The van der Waals surface area contributed by atoms with E-state index in [1.54, 1.807) is 0 Å². The Morgan fingerprint density at radius 2 is 2.00 bits per heavy atom. The van der Waals surface area contributed by atoms with E-state index in [0.29, 0.717) is 13.0 Å². The summed E-state index contributed by atoms with van der Waals surface area (Å²) in [7, 11) is 0. The summed E-state index contributed by atoms with van der Waals surface area (Å²) in [5.74, 6) is 0.563. The van der Waals surface area contributed by atoms with Crippen molar-refractivity contribution in [1.29, 1.82) is 0 Å². The molecular formula is C16H23NO2. The van der Waals surface area contributed by atoms with Crippen LogP contribution in [0.3, 0.4) is 0 Å². The van der Waals surface area contributed by atoms with E-state index in [-0.39, 0.29) is 5.97 Å². The van der Waals surface area contributed by atoms with Gasteiger partial charge in [0.25, 0.3) is 0 Å². The third-order valence-corrected chi connectivity index (χ3v) is 3.81. The molecule has 0 spiro atoms. The van der Waals surface area contributed by atoms with E-state index in [0.717, 1.165) is 18.0 Å². The van der Waals surface area contributed by atoms with Gasteiger partial charge >= 0.3 is 5.97 Å². The zero-order chi connectivity index (χ0) is 13.7. The first kappa shape index (κ1) is 14.1. The van der Waals surface area contributed by atoms with Crippen molar-refractivity contribution in [2.75, 3.05) is 13.2 Å². The normalized spacial score (nSPS) is 17.8. The molecule has 19 heavy (non-hydrogen) atoms. The van der Waals surface area contributed by atoms with Crippen LogP contribution in [0, 0.1) is 5.92 Å². The number of carbonyl (C=O) groups is 1. The van der Waals surface area contributed by atoms with Crippen molar-refractivity contribution in [2.24, 2.45) is 5.92 Å². The van der Waals surface area contributed by atoms with Gasteiger partial charge in [-0.3, -0.25) is 5.32 Å². The van der Waals surface area contributed by atoms with Gasteiger partial charge in [0.15, 0.2) is 0 Å². The van der Waals surface area contributed by atoms with Crippen LogP contribution < -0.4 is 5.32 Å². The average molecular weight is 261 g/mol. The summed E-state index contributed by atoms with van der Waals surface area (Å²) in [4.78, 5) is 12.4. The van der Waals surface area contributed by atoms with Gasteiger partial charge in [0, 0.05) is 0 Å². The molecule has 2 rings (SSSR count). The zero-order valence-electron chi connectivity index (χ0n) is 11.8. The summed E-state index contributed by atoms with van der Waals surface area (Å²) in [5.41, 5.74) is 0.302. The smallest absolute Gasteiger partial charge is 0.330 e. The van der Waals surface area contributed by atoms with Crippen molar-refractivity contribution >= 4 is 5.97 Å². The van der Waals surface area contributed by atoms with Gasteiger partial charge in [0.05, 0.1) is 6.61 Å². The van der Waals surface area contributed by atoms with Gasteiger partial charge in [0.1, 0.15) is 5.54 Å². The summed E-state index contributed by atoms with van der Waals surface area (Å²) < 4.78 is 5.30. The molecule has 0 aliphatic heterocycles. The summed E-state index contributed by atoms with van der Waals surface area (Å²) in [5, 5.41) is 3.47. The average Bonchev–Trinajstić information content (AvgIpc) is 3.26. The number of hydrogen-bond acceptors (Lipinski definition) is 3. The predicted molar refractivity (Wildman–Crippen MR) is 75.8 cm³/mol. The summed E-state index contributed by atoms with van der Waals surface area (Å²) in [6.07, 6.45) is 3.23. The molecule has 3 nitrogen and oxygen atoms in total. The maximum Gasteiger partial charge on any atom is 0.330 e. The highest BCUT2D eigenvalue weighted by Gasteiger charge is 2.40. The molecule has 1 aliphatic rings. The van der Waals surface area contributed by atoms with Crippen LogP contribution >= 0.6 is 0 Å². The second-order valence-electron chi connectivity index (χ2n) is 5.17. The van der Waals surface area contributed by atoms with E-state index in [9.17, 15) is 4.79 Å². The van der Waals surface area contributed by atoms with Crippen LogP contribution in [-0.4, -0.2) is 19.1 Å². The molecule has 0 saturated heterocycles. The van der Waals surface area contributed by atoms with Crippen molar-refractivity contribution < 1.29 is 9.53 Å². The van der Waals surface area contributed by atoms with Crippen LogP contribution in [0.15, 0.2) is 30.3 Å². The standard InChI is InChI=1S/C16H23NO2/c1-3-16(15(18)19-4-2,17-12-13-10-11-13)14-8-6-5-7-9-14/h5-9,13,17H,3-4,10-12H2,1-2H3. The van der Waals surface area contributed by atoms with Gasteiger partial charge in [-0.05, 0) is 44.2 Å². The fourth-order valence-corrected chi connectivity index (χ4v) is 2.38. The maximum absolute atomic E-state index is 12.4. The lowest BCUT2D eigenvalue weighted by molar-refractivity contribution is -0.152. The van der Waals surface area contributed by atoms with Crippen LogP contribution in [-0.2, 0) is 15.1 Å². The minimum absolute atomic E-state index is 0.163. The van der Waals surface area contributed by atoms with Crippen molar-refractivity contribution in [3.63, 3.8) is 0 Å². The zero-order valence-corrected chi connectivity index (χ0v) is 11.8. The Balaban J connectivity index is 2.25. The third-order valence-electron chi connectivity index (χ3n) is 3.81. The van der Waals surface area contributed by atoms with E-state index < -0.39 is 5.54 Å². The minimum Gasteiger partial charge on any atom is -0.464 e. The van der Waals surface area contributed by atoms with Crippen LogP contribution in [0.1, 0.15) is 38.7 Å². The molecule has 1 N–H and O–H groups in total. The molecule has 1 saturated carbocycles. The van der Waals surface area contributed by atoms with Crippen molar-refractivity contribution in [3.05, 3.63) is 35.9 Å². The Morgan fingerprint density at radius 1 is 1.32 bits per heavy atom. The molecule has 1 aromatic rings. The Kier molecular flexibility index (Phi) is 4.59. The van der Waals surface area contributed by atoms with Crippen LogP contribution in [0.2, 0.25) is 0 Å². The Hall–Kier alpha value is -1.35. The molecule has 0 bridgehead atoms. The van der Waals surface area contributed by atoms with Crippen LogP contribution in [0.4, 0.5) is 0 Å². The summed E-state index contributed by atoms with van der Waals surface area (Å²) in [6.45, 7) is 5.19. The molecule has 1 unspecified atom stereocenters. The van der Waals surface area contributed by atoms with E-state index in [1.807, 2.05) is 44.2 Å². The predicted octanol–water partition coefficient (Wildman–Crippen LogP) is 2.85. The number of rotatable bonds is 7. The lowest BCUT2D eigenvalue weighted by atomic mass is 9.87. The third kappa shape index (κ3) is 3.16. The first-order valence-electron chi connectivity index (χ1n) is 7.20. The van der Waals surface area contributed by atoms with Crippen molar-refractivity contribution in [3.8, 4) is 0 Å². The molecule has 1 atom stereocenters. The monoisotopic (exact) mass is 261 g/mol. The van der Waals surface area contributed by atoms with E-state index in [1.165, 1.54) is 12.8 Å². The molecule has 1 aromatic carbocycles. The quantitative estimate of drug-likeness (QED) is 0.767. The highest BCUT2D eigenvalue weighted by Crippen LogP contribution is 2.32. The number of carbonyl (C=O) groups excluding carboxylic acids is 1. The van der Waals surface area contributed by atoms with Gasteiger partial charge in [-0.15, -0.1) is 0 Å². The topological polar surface area (TPSA) is 38.3 Å². The van der Waals surface area contributed by atoms with E-state index in [2.05, 4.69) is 5.32 Å². The Bertz CT molecular complexity index is 414. The van der Waals surface area contributed by atoms with Gasteiger partial charge in [-0.25, -0.2) is 4.79 Å². The number of nitrogens with one attached hydrogen (secondary N) is 1. The first-order valence-corrected chi connectivity index (χ1v) is 7.20. The van der Waals surface area contributed by atoms with Crippen molar-refractivity contribution in [1.82, 2.24) is 5.32 Å². The molecule has 3 heteroatoms. The SMILES string of the molecule is CCOC(=O)C(CC)(NCC1CC1)c1ccccc1. The van der Waals surface area contributed by atoms with E-state index in [4.69, 9.17) is 4.74 Å². The molecule has 0 aromatic heterocycles. The lowest BCUT2D eigenvalue weighted by Crippen LogP contribution is -2.50. The van der Waals surface area contributed by atoms with Crippen LogP contribution in [0.25, 0.3) is 0 Å². The van der Waals surface area contributed by atoms with Crippen LogP contribution in [0.5, 0.6) is 0 Å². The highest BCUT2D eigenvalue weighted by molar-refractivity contribution is 5.82. The second kappa shape index (κ2) is 6.20. The molecule has 0 radical (unpaired) electrons. The van der Waals surface area contributed by atoms with Gasteiger partial charge in [-0.1, -0.05) is 37.3 Å². The Morgan fingerprint density at radius 3 is 2.53 bits per heavy atom. The molecular weight excluding hydrogens is 238 g/mol. The number of hydrogen-bond donors (Lipinski definition) is 1. The lowest BCUT2D eigenvalue weighted by Gasteiger charge is -2.32. The largest absolute Gasteiger partial charge is 0.464 e. The maximum atomic E-state index is 12.4. The van der Waals surface area contributed by atoms with E-state index >= 15 is 0 Å². The number of esters is 1. The first-order chi connectivity index (χ1) is 9.23. The highest BCUT2D eigenvalue weighted by atomic mass is 16.5. The van der Waals surface area contributed by atoms with Gasteiger partial charge in [-0.2, -0.15) is 0 Å². The fourth-order valence-electron chi connectivity index (χ4n) is 2.38. The minimum atomic E-state index is -0.695. The van der Waals surface area contributed by atoms with Crippen molar-refractivity contribution in [2.45, 2.75) is 38.6 Å². The molecule has 1 fully saturated rings. The van der Waals surface area contributed by atoms with Gasteiger partial charge < -0.3 is 4.74 Å². The number of ether oxygens (including phenoxy) is 1. The molecule has 104 valence electrons. The summed E-state index contributed by atoms with van der Waals surface area (Å²) >= 11 is 0. The molecule has 0 heterocycles.